The minimum Gasteiger partial charge on any atom is -0.465 e. The number of hydrogen-bond acceptors (Lipinski definition) is 9. The van der Waals surface area contributed by atoms with E-state index in [2.05, 4.69) is 50.3 Å². The molecule has 2 unspecified atom stereocenters. The summed E-state index contributed by atoms with van der Waals surface area (Å²) in [6, 6.07) is 0.205. The molecule has 0 spiro atoms. The fourth-order valence-electron chi connectivity index (χ4n) is 5.57. The molecule has 0 radical (unpaired) electrons. The summed E-state index contributed by atoms with van der Waals surface area (Å²) in [6.45, 7) is 7.45. The number of ether oxygens (including phenoxy) is 2. The van der Waals surface area contributed by atoms with Crippen LogP contribution in [0.3, 0.4) is 0 Å². The largest absolute Gasteiger partial charge is 0.465 e. The number of thioether (sulfide) groups is 1. The summed E-state index contributed by atoms with van der Waals surface area (Å²) >= 11 is 5.24. The Bertz CT molecular complexity index is 1310. The lowest BCUT2D eigenvalue weighted by molar-refractivity contribution is -0.172. The van der Waals surface area contributed by atoms with Gasteiger partial charge in [-0.1, -0.05) is 78.0 Å². The van der Waals surface area contributed by atoms with Gasteiger partial charge in [0.15, 0.2) is 5.16 Å². The molecule has 0 amide bonds. The number of rotatable bonds is 20. The fraction of sp³-hybridized carbons (Fsp3) is 0.771. The van der Waals surface area contributed by atoms with Crippen LogP contribution >= 0.6 is 24.4 Å². The predicted octanol–water partition coefficient (Wildman–Crippen LogP) is 9.16. The molecule has 0 bridgehead atoms. The fourth-order valence-corrected chi connectivity index (χ4v) is 6.49. The van der Waals surface area contributed by atoms with Crippen molar-refractivity contribution in [2.24, 2.45) is 11.8 Å². The van der Waals surface area contributed by atoms with Gasteiger partial charge >= 0.3 is 23.8 Å². The Morgan fingerprint density at radius 2 is 1.49 bits per heavy atom. The molecule has 2 aromatic heterocycles. The third-order valence-electron chi connectivity index (χ3n) is 9.02. The lowest BCUT2D eigenvalue weighted by atomic mass is 10.0. The number of carbonyl (C=O) groups is 2. The van der Waals surface area contributed by atoms with Gasteiger partial charge in [-0.2, -0.15) is 30.2 Å². The Morgan fingerprint density at radius 3 is 1.98 bits per heavy atom. The lowest BCUT2D eigenvalue weighted by Crippen LogP contribution is -2.38. The molecule has 2 aromatic rings. The average molecular weight is 735 g/mol. The summed E-state index contributed by atoms with van der Waals surface area (Å²) in [5.74, 6) is -6.71. The van der Waals surface area contributed by atoms with Crippen molar-refractivity contribution < 1.29 is 36.6 Å². The molecule has 49 heavy (non-hydrogen) atoms. The van der Waals surface area contributed by atoms with Crippen molar-refractivity contribution in [3.05, 3.63) is 12.4 Å². The summed E-state index contributed by atoms with van der Waals surface area (Å²) in [5, 5.41) is 0.368. The van der Waals surface area contributed by atoms with Gasteiger partial charge in [-0.15, -0.1) is 0 Å². The second-order valence-corrected chi connectivity index (χ2v) is 14.6. The van der Waals surface area contributed by atoms with Gasteiger partial charge in [0.2, 0.25) is 0 Å². The number of aromatic nitrogens is 3. The molecule has 1 saturated heterocycles. The van der Waals surface area contributed by atoms with Crippen molar-refractivity contribution in [1.29, 1.82) is 0 Å². The highest BCUT2D eigenvalue weighted by Crippen LogP contribution is 2.46. The highest BCUT2D eigenvalue weighted by Gasteiger charge is 2.63. The zero-order valence-corrected chi connectivity index (χ0v) is 31.1. The first-order chi connectivity index (χ1) is 23.4. The molecule has 14 heteroatoms. The quantitative estimate of drug-likeness (QED) is 0.0474. The van der Waals surface area contributed by atoms with E-state index in [-0.39, 0.29) is 30.1 Å². The third kappa shape index (κ3) is 12.5. The first kappa shape index (κ1) is 41.2. The van der Waals surface area contributed by atoms with Gasteiger partial charge in [0.25, 0.3) is 0 Å². The van der Waals surface area contributed by atoms with E-state index >= 15 is 0 Å². The molecule has 0 aromatic carbocycles. The number of hydrogen-bond donors (Lipinski definition) is 1. The number of anilines is 1. The minimum atomic E-state index is -4.10. The highest BCUT2D eigenvalue weighted by atomic mass is 32.2. The third-order valence-corrected chi connectivity index (χ3v) is 10.1. The molecule has 1 saturated carbocycles. The van der Waals surface area contributed by atoms with Gasteiger partial charge in [0.1, 0.15) is 5.52 Å². The van der Waals surface area contributed by atoms with Crippen molar-refractivity contribution in [3.8, 4) is 0 Å². The lowest BCUT2D eigenvalue weighted by Gasteiger charge is -2.15. The van der Waals surface area contributed by atoms with Crippen molar-refractivity contribution in [3.63, 3.8) is 0 Å². The molecule has 3 heterocycles. The van der Waals surface area contributed by atoms with Gasteiger partial charge in [0, 0.05) is 23.7 Å². The van der Waals surface area contributed by atoms with Crippen LogP contribution in [0.25, 0.3) is 11.0 Å². The number of alkyl halides is 4. The SMILES string of the molecule is CCCCC(CC)COC(=O)CCS.CCCCC(CC)COC(=O)CCSc1ncc2c(n1)c(N1CC(F)(F)C(F)(F)C1)cn2C1CC1. The Morgan fingerprint density at radius 1 is 0.939 bits per heavy atom. The number of nitrogens with zero attached hydrogens (tertiary/aromatic N) is 4. The minimum absolute atomic E-state index is 0.116. The van der Waals surface area contributed by atoms with Crippen molar-refractivity contribution in [2.75, 3.05) is 42.7 Å². The summed E-state index contributed by atoms with van der Waals surface area (Å²) < 4.78 is 68.0. The number of fused-ring (bicyclic) bond motifs is 1. The van der Waals surface area contributed by atoms with Gasteiger partial charge < -0.3 is 18.9 Å². The van der Waals surface area contributed by atoms with Crippen LogP contribution in [0.4, 0.5) is 23.2 Å². The molecule has 1 aliphatic heterocycles. The van der Waals surface area contributed by atoms with E-state index in [1.165, 1.54) is 31.0 Å². The summed E-state index contributed by atoms with van der Waals surface area (Å²) in [5.41, 5.74) is 1.29. The second kappa shape index (κ2) is 20.0. The molecule has 2 fully saturated rings. The number of esters is 2. The zero-order chi connectivity index (χ0) is 36.0. The van der Waals surface area contributed by atoms with E-state index in [0.29, 0.717) is 59.2 Å². The zero-order valence-electron chi connectivity index (χ0n) is 29.4. The normalized spacial score (nSPS) is 17.8. The summed E-state index contributed by atoms with van der Waals surface area (Å²) in [4.78, 5) is 33.1. The average Bonchev–Trinajstić information content (AvgIpc) is 3.80. The van der Waals surface area contributed by atoms with Crippen LogP contribution in [-0.4, -0.2) is 76.1 Å². The van der Waals surface area contributed by atoms with Gasteiger partial charge in [-0.25, -0.2) is 9.97 Å². The Hall–Kier alpha value is -2.22. The Labute approximate surface area is 298 Å². The number of thiol groups is 1. The molecule has 2 atom stereocenters. The maximum absolute atomic E-state index is 13.9. The van der Waals surface area contributed by atoms with Crippen LogP contribution in [0.5, 0.6) is 0 Å². The van der Waals surface area contributed by atoms with Gasteiger partial charge in [-0.05, 0) is 37.5 Å². The topological polar surface area (TPSA) is 86.6 Å². The molecule has 8 nitrogen and oxygen atoms in total. The summed E-state index contributed by atoms with van der Waals surface area (Å²) in [6.07, 6.45) is 14.7. The first-order valence-electron chi connectivity index (χ1n) is 17.8. The van der Waals surface area contributed by atoms with Crippen molar-refractivity contribution in [2.45, 2.75) is 128 Å². The second-order valence-electron chi connectivity index (χ2n) is 13.1. The number of carbonyl (C=O) groups excluding carboxylic acids is 2. The van der Waals surface area contributed by atoms with Crippen LogP contribution in [0.1, 0.15) is 111 Å². The molecular formula is C35H54F4N4O4S2. The van der Waals surface area contributed by atoms with E-state index in [4.69, 9.17) is 9.47 Å². The van der Waals surface area contributed by atoms with Crippen LogP contribution in [0, 0.1) is 11.8 Å². The molecule has 4 rings (SSSR count). The van der Waals surface area contributed by atoms with E-state index in [0.717, 1.165) is 49.8 Å². The van der Waals surface area contributed by atoms with Crippen LogP contribution in [0.15, 0.2) is 17.6 Å². The van der Waals surface area contributed by atoms with Crippen LogP contribution in [0.2, 0.25) is 0 Å². The van der Waals surface area contributed by atoms with Crippen molar-refractivity contribution in [1.82, 2.24) is 14.5 Å². The molecule has 0 N–H and O–H groups in total. The monoisotopic (exact) mass is 734 g/mol. The van der Waals surface area contributed by atoms with E-state index in [1.807, 2.05) is 4.57 Å². The maximum Gasteiger partial charge on any atom is 0.329 e. The standard InChI is InChI=1S/C24H32F4N4O2S.C11H22O2S/c1-3-5-6-16(4-2)13-34-20(33)9-10-35-22-29-11-18-21(30-22)19(12-32(18)17-7-8-17)31-14-23(25,26)24(27,28)15-31;1-3-5-6-10(4-2)9-13-11(12)7-8-14/h11-12,16-17H,3-10,13-15H2,1-2H3;10,14H,3-9H2,1-2H3. The Balaban J connectivity index is 0.000000393. The number of unbranched alkanes of at least 4 members (excludes halogenated alkanes) is 2. The molecule has 1 aliphatic carbocycles. The predicted molar refractivity (Wildman–Crippen MR) is 190 cm³/mol. The number of halogens is 4. The van der Waals surface area contributed by atoms with Gasteiger partial charge in [-0.3, -0.25) is 9.59 Å². The molecule has 278 valence electrons. The van der Waals surface area contributed by atoms with Crippen LogP contribution in [-0.2, 0) is 19.1 Å². The van der Waals surface area contributed by atoms with E-state index in [9.17, 15) is 27.2 Å². The highest BCUT2D eigenvalue weighted by molar-refractivity contribution is 7.99. The van der Waals surface area contributed by atoms with E-state index in [1.54, 1.807) is 12.4 Å². The molecule has 2 aliphatic rings. The first-order valence-corrected chi connectivity index (χ1v) is 19.4. The smallest absolute Gasteiger partial charge is 0.329 e. The van der Waals surface area contributed by atoms with E-state index < -0.39 is 24.9 Å². The van der Waals surface area contributed by atoms with Crippen molar-refractivity contribution >= 4 is 53.1 Å². The maximum atomic E-state index is 13.9. The Kier molecular flexibility index (Phi) is 16.8. The van der Waals surface area contributed by atoms with Gasteiger partial charge in [0.05, 0.1) is 56.5 Å². The molecular weight excluding hydrogens is 681 g/mol. The van der Waals surface area contributed by atoms with Crippen LogP contribution < -0.4 is 4.90 Å². The summed E-state index contributed by atoms with van der Waals surface area (Å²) in [7, 11) is 0.